The number of nitrogens with zero attached hydrogens (tertiary/aromatic N) is 2. The molecule has 0 saturated carbocycles. The second-order valence-corrected chi connectivity index (χ2v) is 6.56. The molecule has 0 aromatic heterocycles. The van der Waals surface area contributed by atoms with E-state index in [0.29, 0.717) is 18.2 Å². The molecule has 0 radical (unpaired) electrons. The molecule has 0 aliphatic carbocycles. The molecule has 0 unspecified atom stereocenters. The minimum atomic E-state index is -0.00173. The van der Waals surface area contributed by atoms with Gasteiger partial charge in [0.1, 0.15) is 5.71 Å². The fourth-order valence-electron chi connectivity index (χ4n) is 2.84. The average Bonchev–Trinajstić information content (AvgIpc) is 2.76. The van der Waals surface area contributed by atoms with Crippen molar-refractivity contribution in [3.63, 3.8) is 0 Å². The lowest BCUT2D eigenvalue weighted by atomic mass is 10.1. The molecule has 1 aliphatic heterocycles. The molecule has 3 rings (SSSR count). The molecule has 1 heterocycles. The van der Waals surface area contributed by atoms with Gasteiger partial charge in [-0.15, -0.1) is 0 Å². The van der Waals surface area contributed by atoms with Crippen LogP contribution in [-0.2, 0) is 4.79 Å². The first kappa shape index (κ1) is 15.5. The van der Waals surface area contributed by atoms with Gasteiger partial charge in [-0.25, -0.2) is 4.99 Å². The summed E-state index contributed by atoms with van der Waals surface area (Å²) >= 11 is 0. The number of amides is 1. The highest BCUT2D eigenvalue weighted by Crippen LogP contribution is 2.31. The van der Waals surface area contributed by atoms with E-state index in [-0.39, 0.29) is 5.91 Å². The Bertz CT molecular complexity index is 790. The van der Waals surface area contributed by atoms with Crippen molar-refractivity contribution in [3.8, 4) is 0 Å². The van der Waals surface area contributed by atoms with Gasteiger partial charge in [0.25, 0.3) is 5.91 Å². The monoisotopic (exact) mass is 306 g/mol. The third kappa shape index (κ3) is 2.91. The van der Waals surface area contributed by atoms with Gasteiger partial charge >= 0.3 is 0 Å². The Morgan fingerprint density at radius 3 is 2.48 bits per heavy atom. The van der Waals surface area contributed by atoms with E-state index in [0.717, 1.165) is 16.9 Å². The topological polar surface area (TPSA) is 32.7 Å². The zero-order valence-electron chi connectivity index (χ0n) is 14.1. The van der Waals surface area contributed by atoms with E-state index in [4.69, 9.17) is 0 Å². The first-order valence-corrected chi connectivity index (χ1v) is 8.04. The van der Waals surface area contributed by atoms with Gasteiger partial charge in [-0.1, -0.05) is 38.1 Å². The third-order valence-electron chi connectivity index (χ3n) is 4.18. The Kier molecular flexibility index (Phi) is 4.03. The van der Waals surface area contributed by atoms with E-state index in [1.54, 1.807) is 0 Å². The van der Waals surface area contributed by atoms with Crippen LogP contribution in [0.3, 0.4) is 0 Å². The van der Waals surface area contributed by atoms with Gasteiger partial charge in [-0.2, -0.15) is 0 Å². The van der Waals surface area contributed by atoms with E-state index in [1.807, 2.05) is 47.4 Å². The molecule has 0 atom stereocenters. The van der Waals surface area contributed by atoms with Gasteiger partial charge < -0.3 is 4.90 Å². The molecule has 2 aromatic rings. The van der Waals surface area contributed by atoms with Crippen LogP contribution >= 0.6 is 0 Å². The molecule has 1 amide bonds. The molecule has 2 aromatic carbocycles. The summed E-state index contributed by atoms with van der Waals surface area (Å²) in [5.41, 5.74) is 5.69. The molecule has 0 spiro atoms. The number of fused-ring (bicyclic) bond motifs is 1. The first-order valence-electron chi connectivity index (χ1n) is 8.04. The molecule has 118 valence electrons. The van der Waals surface area contributed by atoms with Crippen molar-refractivity contribution in [1.82, 2.24) is 0 Å². The maximum absolute atomic E-state index is 12.8. The molecule has 3 nitrogen and oxygen atoms in total. The predicted octanol–water partition coefficient (Wildman–Crippen LogP) is 4.43. The van der Waals surface area contributed by atoms with Crippen molar-refractivity contribution in [2.24, 2.45) is 10.9 Å². The SMILES string of the molecule is Cc1ccc(N=C2C(=O)N(CC(C)C)c3ccccc32)cc1C. The van der Waals surface area contributed by atoms with Crippen LogP contribution in [-0.4, -0.2) is 18.2 Å². The van der Waals surface area contributed by atoms with Gasteiger partial charge in [0.15, 0.2) is 0 Å². The number of aryl methyl sites for hydroxylation is 2. The van der Waals surface area contributed by atoms with Crippen LogP contribution in [0.2, 0.25) is 0 Å². The smallest absolute Gasteiger partial charge is 0.277 e. The maximum Gasteiger partial charge on any atom is 0.277 e. The lowest BCUT2D eigenvalue weighted by Crippen LogP contribution is -2.33. The highest BCUT2D eigenvalue weighted by Gasteiger charge is 2.33. The summed E-state index contributed by atoms with van der Waals surface area (Å²) in [6.07, 6.45) is 0. The quantitative estimate of drug-likeness (QED) is 0.826. The number of hydrogen-bond donors (Lipinski definition) is 0. The minimum Gasteiger partial charge on any atom is -0.306 e. The van der Waals surface area contributed by atoms with Crippen molar-refractivity contribution in [2.45, 2.75) is 27.7 Å². The zero-order chi connectivity index (χ0) is 16.6. The van der Waals surface area contributed by atoms with Crippen molar-refractivity contribution in [2.75, 3.05) is 11.4 Å². The Morgan fingerprint density at radius 1 is 1.04 bits per heavy atom. The van der Waals surface area contributed by atoms with Crippen molar-refractivity contribution in [3.05, 3.63) is 59.2 Å². The summed E-state index contributed by atoms with van der Waals surface area (Å²) in [5.74, 6) is 0.408. The highest BCUT2D eigenvalue weighted by molar-refractivity contribution is 6.54. The molecular formula is C20H22N2O. The summed E-state index contributed by atoms with van der Waals surface area (Å²) in [6, 6.07) is 14.0. The van der Waals surface area contributed by atoms with E-state index < -0.39 is 0 Å². The predicted molar refractivity (Wildman–Crippen MR) is 95.7 cm³/mol. The lowest BCUT2D eigenvalue weighted by molar-refractivity contribution is -0.112. The molecule has 1 aliphatic rings. The number of carbonyl (C=O) groups excluding carboxylic acids is 1. The van der Waals surface area contributed by atoms with Crippen molar-refractivity contribution >= 4 is 23.0 Å². The Balaban J connectivity index is 2.07. The maximum atomic E-state index is 12.8. The summed E-state index contributed by atoms with van der Waals surface area (Å²) in [7, 11) is 0. The van der Waals surface area contributed by atoms with Crippen LogP contribution in [0, 0.1) is 19.8 Å². The second kappa shape index (κ2) is 5.99. The molecule has 0 bridgehead atoms. The molecule has 0 N–H and O–H groups in total. The van der Waals surface area contributed by atoms with Crippen LogP contribution < -0.4 is 4.90 Å². The van der Waals surface area contributed by atoms with Gasteiger partial charge in [-0.3, -0.25) is 4.79 Å². The third-order valence-corrected chi connectivity index (χ3v) is 4.18. The molecule has 3 heteroatoms. The fourth-order valence-corrected chi connectivity index (χ4v) is 2.84. The van der Waals surface area contributed by atoms with Gasteiger partial charge in [0.2, 0.25) is 0 Å². The summed E-state index contributed by atoms with van der Waals surface area (Å²) in [4.78, 5) is 19.4. The minimum absolute atomic E-state index is 0.00173. The van der Waals surface area contributed by atoms with Crippen molar-refractivity contribution < 1.29 is 4.79 Å². The number of benzene rings is 2. The highest BCUT2D eigenvalue weighted by atomic mass is 16.2. The summed E-state index contributed by atoms with van der Waals surface area (Å²) in [5, 5.41) is 0. The molecule has 23 heavy (non-hydrogen) atoms. The van der Waals surface area contributed by atoms with Gasteiger partial charge in [0, 0.05) is 12.1 Å². The van der Waals surface area contributed by atoms with Gasteiger partial charge in [0.05, 0.1) is 11.4 Å². The van der Waals surface area contributed by atoms with Crippen LogP contribution in [0.1, 0.15) is 30.5 Å². The Hall–Kier alpha value is -2.42. The molecular weight excluding hydrogens is 284 g/mol. The number of hydrogen-bond acceptors (Lipinski definition) is 2. The van der Waals surface area contributed by atoms with E-state index >= 15 is 0 Å². The number of carbonyl (C=O) groups is 1. The second-order valence-electron chi connectivity index (χ2n) is 6.56. The average molecular weight is 306 g/mol. The number of anilines is 1. The first-order chi connectivity index (χ1) is 11.0. The normalized spacial score (nSPS) is 15.6. The Morgan fingerprint density at radius 2 is 1.78 bits per heavy atom. The van der Waals surface area contributed by atoms with Crippen molar-refractivity contribution in [1.29, 1.82) is 0 Å². The number of aliphatic imine (C=N–C) groups is 1. The van der Waals surface area contributed by atoms with E-state index in [1.165, 1.54) is 11.1 Å². The Labute approximate surface area is 137 Å². The molecule has 0 saturated heterocycles. The molecule has 0 fully saturated rings. The summed E-state index contributed by atoms with van der Waals surface area (Å²) < 4.78 is 0. The fraction of sp³-hybridized carbons (Fsp3) is 0.300. The van der Waals surface area contributed by atoms with E-state index in [9.17, 15) is 4.79 Å². The van der Waals surface area contributed by atoms with Crippen LogP contribution in [0.4, 0.5) is 11.4 Å². The summed E-state index contributed by atoms with van der Waals surface area (Å²) in [6.45, 7) is 9.09. The largest absolute Gasteiger partial charge is 0.306 e. The lowest BCUT2D eigenvalue weighted by Gasteiger charge is -2.18. The zero-order valence-corrected chi connectivity index (χ0v) is 14.1. The van der Waals surface area contributed by atoms with Crippen LogP contribution in [0.5, 0.6) is 0 Å². The van der Waals surface area contributed by atoms with E-state index in [2.05, 4.69) is 32.7 Å². The van der Waals surface area contributed by atoms with Crippen LogP contribution in [0.25, 0.3) is 0 Å². The number of rotatable bonds is 3. The number of para-hydroxylation sites is 1. The van der Waals surface area contributed by atoms with Gasteiger partial charge in [-0.05, 0) is 49.1 Å². The standard InChI is InChI=1S/C20H22N2O/c1-13(2)12-22-18-8-6-5-7-17(18)19(20(22)23)21-16-10-9-14(3)15(4)11-16/h5-11,13H,12H2,1-4H3. The van der Waals surface area contributed by atoms with Crippen LogP contribution in [0.15, 0.2) is 47.5 Å².